The van der Waals surface area contributed by atoms with Gasteiger partial charge >= 0.3 is 6.18 Å². The summed E-state index contributed by atoms with van der Waals surface area (Å²) in [5, 5.41) is 8.37. The van der Waals surface area contributed by atoms with Crippen LogP contribution in [-0.4, -0.2) is 43.9 Å². The van der Waals surface area contributed by atoms with Crippen molar-refractivity contribution in [3.63, 3.8) is 0 Å². The lowest BCUT2D eigenvalue weighted by Gasteiger charge is -2.25. The predicted octanol–water partition coefficient (Wildman–Crippen LogP) is 4.73. The first kappa shape index (κ1) is 23.0. The number of fused-ring (bicyclic) bond motifs is 4. The van der Waals surface area contributed by atoms with Crippen molar-refractivity contribution < 1.29 is 22.3 Å². The van der Waals surface area contributed by atoms with Crippen molar-refractivity contribution in [1.29, 1.82) is 0 Å². The number of aromatic nitrogens is 5. The van der Waals surface area contributed by atoms with Gasteiger partial charge in [-0.05, 0) is 32.9 Å². The van der Waals surface area contributed by atoms with Crippen LogP contribution >= 0.6 is 0 Å². The fourth-order valence-electron chi connectivity index (χ4n) is 3.93. The molecule has 0 amide bonds. The highest BCUT2D eigenvalue weighted by Crippen LogP contribution is 2.38. The minimum atomic E-state index is -4.48. The molecule has 0 fully saturated rings. The van der Waals surface area contributed by atoms with Gasteiger partial charge in [0.2, 0.25) is 0 Å². The molecule has 0 N–H and O–H groups in total. The van der Waals surface area contributed by atoms with Crippen molar-refractivity contribution in [3.8, 4) is 11.8 Å². The molecule has 1 aliphatic rings. The average Bonchev–Trinajstić information content (AvgIpc) is 3.04. The quantitative estimate of drug-likeness (QED) is 0.288. The summed E-state index contributed by atoms with van der Waals surface area (Å²) in [7, 11) is 0. The second-order valence-electron chi connectivity index (χ2n) is 8.71. The molecule has 0 saturated carbocycles. The molecule has 5 rings (SSSR count). The number of anilines is 2. The Morgan fingerprint density at radius 2 is 1.91 bits per heavy atom. The first-order valence-electron chi connectivity index (χ1n) is 10.8. The van der Waals surface area contributed by atoms with E-state index in [1.165, 1.54) is 6.20 Å². The molecule has 0 atom stereocenters. The molecule has 0 unspecified atom stereocenters. The SMILES string of the molecule is Cc1nnc2nc(N3CCOCc4c(C#CC(C)(C)C(F)(F)F)cccc43)c3c(F)cncc3n12. The van der Waals surface area contributed by atoms with E-state index in [1.54, 1.807) is 34.4 Å². The number of ether oxygens (including phenoxy) is 1. The minimum absolute atomic E-state index is 0.136. The number of benzene rings is 1. The summed E-state index contributed by atoms with van der Waals surface area (Å²) in [4.78, 5) is 10.4. The lowest BCUT2D eigenvalue weighted by Crippen LogP contribution is -2.30. The third kappa shape index (κ3) is 3.83. The summed E-state index contributed by atoms with van der Waals surface area (Å²) in [5.41, 5.74) is -0.132. The van der Waals surface area contributed by atoms with E-state index in [0.29, 0.717) is 34.7 Å². The molecule has 11 heteroatoms. The topological polar surface area (TPSA) is 68.4 Å². The fraction of sp³-hybridized carbons (Fsp3) is 0.333. The van der Waals surface area contributed by atoms with Crippen molar-refractivity contribution in [2.24, 2.45) is 5.41 Å². The van der Waals surface area contributed by atoms with Gasteiger partial charge in [0.1, 0.15) is 17.1 Å². The van der Waals surface area contributed by atoms with Gasteiger partial charge in [-0.15, -0.1) is 10.2 Å². The molecule has 4 heterocycles. The van der Waals surface area contributed by atoms with Crippen LogP contribution in [0.25, 0.3) is 16.7 Å². The molecular weight excluding hydrogens is 464 g/mol. The standard InChI is InChI=1S/C24H20F4N6O/c1-14-31-32-22-30-21(20-17(25)11-29-12-19(20)34(14)22)33-9-10-35-13-16-15(5-4-6-18(16)33)7-8-23(2,3)24(26,27)28/h4-6,11-12H,9-10,13H2,1-3H3. The maximum atomic E-state index is 15.1. The van der Waals surface area contributed by atoms with Gasteiger partial charge in [-0.3, -0.25) is 9.38 Å². The minimum Gasteiger partial charge on any atom is -0.375 e. The third-order valence-electron chi connectivity index (χ3n) is 5.98. The van der Waals surface area contributed by atoms with E-state index in [0.717, 1.165) is 20.0 Å². The molecule has 1 aromatic carbocycles. The molecule has 7 nitrogen and oxygen atoms in total. The normalized spacial score (nSPS) is 14.5. The van der Waals surface area contributed by atoms with Gasteiger partial charge < -0.3 is 9.64 Å². The Labute approximate surface area is 197 Å². The Bertz CT molecular complexity index is 1520. The molecular formula is C24H20F4N6O. The Morgan fingerprint density at radius 1 is 1.11 bits per heavy atom. The zero-order valence-corrected chi connectivity index (χ0v) is 19.1. The number of rotatable bonds is 1. The Balaban J connectivity index is 1.72. The number of pyridine rings is 1. The van der Waals surface area contributed by atoms with Crippen LogP contribution in [0.5, 0.6) is 0 Å². The van der Waals surface area contributed by atoms with Crippen LogP contribution in [0.15, 0.2) is 30.6 Å². The predicted molar refractivity (Wildman–Crippen MR) is 121 cm³/mol. The van der Waals surface area contributed by atoms with Gasteiger partial charge in [0.15, 0.2) is 5.82 Å². The fourth-order valence-corrected chi connectivity index (χ4v) is 3.93. The average molecular weight is 484 g/mol. The smallest absolute Gasteiger partial charge is 0.375 e. The van der Waals surface area contributed by atoms with Crippen LogP contribution in [0.4, 0.5) is 29.1 Å². The highest BCUT2D eigenvalue weighted by molar-refractivity contribution is 5.94. The maximum absolute atomic E-state index is 15.1. The second-order valence-corrected chi connectivity index (χ2v) is 8.71. The van der Waals surface area contributed by atoms with Crippen molar-refractivity contribution in [3.05, 3.63) is 53.4 Å². The Kier molecular flexibility index (Phi) is 5.36. The summed E-state index contributed by atoms with van der Waals surface area (Å²) in [6.45, 7) is 4.54. The van der Waals surface area contributed by atoms with E-state index in [-0.39, 0.29) is 30.2 Å². The number of nitrogens with zero attached hydrogens (tertiary/aromatic N) is 6. The molecule has 4 aromatic rings. The van der Waals surface area contributed by atoms with Gasteiger partial charge in [0.25, 0.3) is 5.78 Å². The van der Waals surface area contributed by atoms with Crippen molar-refractivity contribution in [2.75, 3.05) is 18.1 Å². The van der Waals surface area contributed by atoms with Crippen LogP contribution in [0.2, 0.25) is 0 Å². The molecule has 0 radical (unpaired) electrons. The monoisotopic (exact) mass is 484 g/mol. The van der Waals surface area contributed by atoms with Crippen molar-refractivity contribution in [2.45, 2.75) is 33.6 Å². The van der Waals surface area contributed by atoms with Gasteiger partial charge in [0, 0.05) is 23.4 Å². The van der Waals surface area contributed by atoms with E-state index in [2.05, 4.69) is 32.0 Å². The molecule has 3 aromatic heterocycles. The molecule has 0 aliphatic carbocycles. The first-order chi connectivity index (χ1) is 16.6. The first-order valence-corrected chi connectivity index (χ1v) is 10.8. The number of aryl methyl sites for hydroxylation is 1. The van der Waals surface area contributed by atoms with E-state index in [4.69, 9.17) is 4.74 Å². The number of hydrogen-bond acceptors (Lipinski definition) is 6. The van der Waals surface area contributed by atoms with Crippen LogP contribution < -0.4 is 4.90 Å². The van der Waals surface area contributed by atoms with Crippen LogP contribution in [-0.2, 0) is 11.3 Å². The third-order valence-corrected chi connectivity index (χ3v) is 5.98. The lowest BCUT2D eigenvalue weighted by atomic mass is 9.92. The van der Waals surface area contributed by atoms with E-state index >= 15 is 4.39 Å². The highest BCUT2D eigenvalue weighted by Gasteiger charge is 2.46. The molecule has 0 spiro atoms. The summed E-state index contributed by atoms with van der Waals surface area (Å²) < 4.78 is 62.5. The number of hydrogen-bond donors (Lipinski definition) is 0. The van der Waals surface area contributed by atoms with E-state index in [9.17, 15) is 13.2 Å². The van der Waals surface area contributed by atoms with Gasteiger partial charge in [0.05, 0.1) is 36.5 Å². The lowest BCUT2D eigenvalue weighted by molar-refractivity contribution is -0.190. The van der Waals surface area contributed by atoms with Crippen molar-refractivity contribution in [1.82, 2.24) is 24.6 Å². The summed E-state index contributed by atoms with van der Waals surface area (Å²) in [6, 6.07) is 5.13. The zero-order valence-electron chi connectivity index (χ0n) is 19.1. The molecule has 0 bridgehead atoms. The van der Waals surface area contributed by atoms with Gasteiger partial charge in [-0.25, -0.2) is 4.39 Å². The number of halogens is 4. The van der Waals surface area contributed by atoms with E-state index in [1.807, 2.05) is 0 Å². The number of alkyl halides is 3. The van der Waals surface area contributed by atoms with Crippen LogP contribution in [0, 0.1) is 30.0 Å². The summed E-state index contributed by atoms with van der Waals surface area (Å²) in [6.07, 6.45) is -1.85. The Morgan fingerprint density at radius 3 is 2.69 bits per heavy atom. The highest BCUT2D eigenvalue weighted by atomic mass is 19.4. The summed E-state index contributed by atoms with van der Waals surface area (Å²) in [5.74, 6) is 5.55. The second kappa shape index (κ2) is 8.16. The van der Waals surface area contributed by atoms with Gasteiger partial charge in [-0.1, -0.05) is 17.9 Å². The zero-order chi connectivity index (χ0) is 25.0. The molecule has 1 aliphatic heterocycles. The largest absolute Gasteiger partial charge is 0.404 e. The van der Waals surface area contributed by atoms with Crippen LogP contribution in [0.3, 0.4) is 0 Å². The van der Waals surface area contributed by atoms with E-state index < -0.39 is 17.4 Å². The maximum Gasteiger partial charge on any atom is 0.404 e. The molecule has 0 saturated heterocycles. The Hall–Kier alpha value is -3.78. The molecule has 180 valence electrons. The van der Waals surface area contributed by atoms with Crippen molar-refractivity contribution >= 4 is 28.2 Å². The molecule has 35 heavy (non-hydrogen) atoms. The van der Waals surface area contributed by atoms with Gasteiger partial charge in [-0.2, -0.15) is 18.2 Å². The van der Waals surface area contributed by atoms with Crippen LogP contribution in [0.1, 0.15) is 30.8 Å². The summed E-state index contributed by atoms with van der Waals surface area (Å²) >= 11 is 0.